The molecule has 2 heterocycles. The van der Waals surface area contributed by atoms with E-state index in [0.717, 1.165) is 49.2 Å². The number of ether oxygens (including phenoxy) is 1. The Balaban J connectivity index is 1.55. The van der Waals surface area contributed by atoms with Crippen LogP contribution in [0.3, 0.4) is 0 Å². The minimum atomic E-state index is -0.596. The predicted molar refractivity (Wildman–Crippen MR) is 133 cm³/mol. The summed E-state index contributed by atoms with van der Waals surface area (Å²) in [5.74, 6) is 1.89. The number of nitrogens with zero attached hydrogens (tertiary/aromatic N) is 5. The SMILES string of the molecule is CCC[C@H](C(=O)NC1CCCC1)N(Cc1ccc(OC)cc1)C(=O)Cn1nnc(-c2ccc(C)o2)n1. The Kier molecular flexibility index (Phi) is 8.35. The molecular weight excluding hydrogens is 460 g/mol. The Bertz CT molecular complexity index is 1150. The average molecular weight is 495 g/mol. The first-order valence-electron chi connectivity index (χ1n) is 12.5. The zero-order valence-corrected chi connectivity index (χ0v) is 21.1. The molecule has 2 aromatic heterocycles. The van der Waals surface area contributed by atoms with Gasteiger partial charge in [-0.1, -0.05) is 38.3 Å². The van der Waals surface area contributed by atoms with E-state index in [9.17, 15) is 9.59 Å². The molecule has 0 bridgehead atoms. The number of tetrazole rings is 1. The van der Waals surface area contributed by atoms with E-state index in [1.807, 2.05) is 44.2 Å². The molecule has 1 aliphatic carbocycles. The van der Waals surface area contributed by atoms with Crippen molar-refractivity contribution < 1.29 is 18.7 Å². The second kappa shape index (κ2) is 11.8. The topological polar surface area (TPSA) is 115 Å². The van der Waals surface area contributed by atoms with Gasteiger partial charge in [0.15, 0.2) is 5.76 Å². The number of benzene rings is 1. The molecule has 10 nitrogen and oxygen atoms in total. The highest BCUT2D eigenvalue weighted by Crippen LogP contribution is 2.21. The number of nitrogens with one attached hydrogen (secondary N) is 1. The third-order valence-electron chi connectivity index (χ3n) is 6.47. The van der Waals surface area contributed by atoms with E-state index in [1.165, 1.54) is 4.80 Å². The van der Waals surface area contributed by atoms with Crippen LogP contribution < -0.4 is 10.1 Å². The second-order valence-corrected chi connectivity index (χ2v) is 9.22. The van der Waals surface area contributed by atoms with Crippen molar-refractivity contribution in [3.63, 3.8) is 0 Å². The minimum Gasteiger partial charge on any atom is -0.497 e. The molecule has 10 heteroatoms. The summed E-state index contributed by atoms with van der Waals surface area (Å²) in [7, 11) is 1.61. The molecule has 3 aromatic rings. The second-order valence-electron chi connectivity index (χ2n) is 9.22. The van der Waals surface area contributed by atoms with Crippen LogP contribution in [0, 0.1) is 6.92 Å². The van der Waals surface area contributed by atoms with Gasteiger partial charge in [-0.3, -0.25) is 9.59 Å². The molecule has 1 fully saturated rings. The van der Waals surface area contributed by atoms with Crippen LogP contribution in [0.5, 0.6) is 5.75 Å². The van der Waals surface area contributed by atoms with Crippen molar-refractivity contribution in [2.75, 3.05) is 7.11 Å². The average Bonchev–Trinajstić information content (AvgIpc) is 3.64. The number of methoxy groups -OCH3 is 1. The summed E-state index contributed by atoms with van der Waals surface area (Å²) in [4.78, 5) is 29.9. The number of furan rings is 1. The molecule has 2 amide bonds. The highest BCUT2D eigenvalue weighted by Gasteiger charge is 2.31. The smallest absolute Gasteiger partial charge is 0.247 e. The summed E-state index contributed by atoms with van der Waals surface area (Å²) in [6, 6.07) is 10.7. The molecule has 0 radical (unpaired) electrons. The van der Waals surface area contributed by atoms with Gasteiger partial charge in [0.2, 0.25) is 17.6 Å². The van der Waals surface area contributed by atoms with Gasteiger partial charge in [-0.25, -0.2) is 0 Å². The number of carbonyl (C=O) groups is 2. The highest BCUT2D eigenvalue weighted by atomic mass is 16.5. The maximum Gasteiger partial charge on any atom is 0.247 e. The van der Waals surface area contributed by atoms with E-state index in [-0.39, 0.29) is 30.9 Å². The summed E-state index contributed by atoms with van der Waals surface area (Å²) in [5, 5.41) is 15.6. The quantitative estimate of drug-likeness (QED) is 0.434. The van der Waals surface area contributed by atoms with Crippen LogP contribution in [0.2, 0.25) is 0 Å². The van der Waals surface area contributed by atoms with Crippen molar-refractivity contribution in [1.29, 1.82) is 0 Å². The fraction of sp³-hybridized carbons (Fsp3) is 0.500. The molecular formula is C26H34N6O4. The lowest BCUT2D eigenvalue weighted by Crippen LogP contribution is -2.52. The summed E-state index contributed by atoms with van der Waals surface area (Å²) in [6.45, 7) is 3.99. The van der Waals surface area contributed by atoms with Crippen molar-refractivity contribution in [1.82, 2.24) is 30.4 Å². The first-order valence-corrected chi connectivity index (χ1v) is 12.5. The number of hydrogen-bond acceptors (Lipinski definition) is 7. The van der Waals surface area contributed by atoms with Crippen molar-refractivity contribution in [3.8, 4) is 17.3 Å². The van der Waals surface area contributed by atoms with E-state index in [4.69, 9.17) is 9.15 Å². The molecule has 0 aliphatic heterocycles. The predicted octanol–water partition coefficient (Wildman–Crippen LogP) is 3.51. The van der Waals surface area contributed by atoms with Gasteiger partial charge in [-0.15, -0.1) is 10.2 Å². The van der Waals surface area contributed by atoms with Gasteiger partial charge in [0.25, 0.3) is 0 Å². The highest BCUT2D eigenvalue weighted by molar-refractivity contribution is 5.87. The van der Waals surface area contributed by atoms with Crippen LogP contribution in [0.4, 0.5) is 0 Å². The van der Waals surface area contributed by atoms with E-state index in [1.54, 1.807) is 18.1 Å². The lowest BCUT2D eigenvalue weighted by molar-refractivity contribution is -0.142. The first-order chi connectivity index (χ1) is 17.5. The van der Waals surface area contributed by atoms with Crippen LogP contribution >= 0.6 is 0 Å². The molecule has 0 spiro atoms. The van der Waals surface area contributed by atoms with Crippen molar-refractivity contribution in [2.45, 2.75) is 77.5 Å². The number of carbonyl (C=O) groups excluding carboxylic acids is 2. The normalized spacial score (nSPS) is 14.5. The lowest BCUT2D eigenvalue weighted by Gasteiger charge is -2.32. The summed E-state index contributed by atoms with van der Waals surface area (Å²) >= 11 is 0. The molecule has 36 heavy (non-hydrogen) atoms. The zero-order valence-electron chi connectivity index (χ0n) is 21.1. The van der Waals surface area contributed by atoms with Crippen LogP contribution in [0.15, 0.2) is 40.8 Å². The van der Waals surface area contributed by atoms with Gasteiger partial charge in [-0.2, -0.15) is 4.80 Å². The molecule has 1 atom stereocenters. The zero-order chi connectivity index (χ0) is 25.5. The third-order valence-corrected chi connectivity index (χ3v) is 6.47. The molecule has 1 saturated carbocycles. The van der Waals surface area contributed by atoms with Gasteiger partial charge < -0.3 is 19.4 Å². The van der Waals surface area contributed by atoms with E-state index < -0.39 is 6.04 Å². The molecule has 1 aromatic carbocycles. The van der Waals surface area contributed by atoms with Crippen molar-refractivity contribution in [3.05, 3.63) is 47.7 Å². The molecule has 4 rings (SSSR count). The summed E-state index contributed by atoms with van der Waals surface area (Å²) < 4.78 is 10.8. The first kappa shape index (κ1) is 25.4. The summed E-state index contributed by atoms with van der Waals surface area (Å²) in [5.41, 5.74) is 0.900. The largest absolute Gasteiger partial charge is 0.497 e. The van der Waals surface area contributed by atoms with Gasteiger partial charge in [-0.05, 0) is 61.2 Å². The standard InChI is InChI=1S/C26H34N6O4/c1-4-7-22(26(34)27-20-8-5-6-9-20)31(16-19-11-13-21(35-3)14-12-19)24(33)17-32-29-25(28-30-32)23-15-10-18(2)36-23/h10-15,20,22H,4-9,16-17H2,1-3H3,(H,27,34)/t22-/m1/s1. The molecule has 0 saturated heterocycles. The van der Waals surface area contributed by atoms with Gasteiger partial charge in [0.05, 0.1) is 7.11 Å². The Labute approximate surface area is 211 Å². The molecule has 192 valence electrons. The fourth-order valence-electron chi connectivity index (χ4n) is 4.54. The molecule has 1 aliphatic rings. The fourth-order valence-corrected chi connectivity index (χ4v) is 4.54. The van der Waals surface area contributed by atoms with Gasteiger partial charge in [0.1, 0.15) is 24.1 Å². The Morgan fingerprint density at radius 3 is 2.58 bits per heavy atom. The maximum atomic E-state index is 13.6. The van der Waals surface area contributed by atoms with E-state index >= 15 is 0 Å². The Hall–Kier alpha value is -3.69. The number of amides is 2. The van der Waals surface area contributed by atoms with Gasteiger partial charge in [0, 0.05) is 12.6 Å². The van der Waals surface area contributed by atoms with Crippen LogP contribution in [-0.2, 0) is 22.7 Å². The summed E-state index contributed by atoms with van der Waals surface area (Å²) in [6.07, 6.45) is 5.52. The molecule has 1 N–H and O–H groups in total. The number of hydrogen-bond donors (Lipinski definition) is 1. The van der Waals surface area contributed by atoms with Crippen LogP contribution in [0.25, 0.3) is 11.6 Å². The monoisotopic (exact) mass is 494 g/mol. The van der Waals surface area contributed by atoms with Crippen molar-refractivity contribution >= 4 is 11.8 Å². The Morgan fingerprint density at radius 2 is 1.94 bits per heavy atom. The number of aryl methyl sites for hydroxylation is 1. The number of aromatic nitrogens is 4. The van der Waals surface area contributed by atoms with E-state index in [0.29, 0.717) is 18.0 Å². The van der Waals surface area contributed by atoms with Crippen LogP contribution in [0.1, 0.15) is 56.8 Å². The maximum absolute atomic E-state index is 13.6. The number of rotatable bonds is 11. The van der Waals surface area contributed by atoms with Crippen LogP contribution in [-0.4, -0.2) is 56.1 Å². The third kappa shape index (κ3) is 6.30. The van der Waals surface area contributed by atoms with E-state index in [2.05, 4.69) is 20.7 Å². The Morgan fingerprint density at radius 1 is 1.19 bits per heavy atom. The molecule has 0 unspecified atom stereocenters. The van der Waals surface area contributed by atoms with Crippen molar-refractivity contribution in [2.24, 2.45) is 0 Å². The minimum absolute atomic E-state index is 0.107. The van der Waals surface area contributed by atoms with Gasteiger partial charge >= 0.3 is 0 Å². The lowest BCUT2D eigenvalue weighted by atomic mass is 10.1.